The predicted molar refractivity (Wildman–Crippen MR) is 60.4 cm³/mol. The molecule has 82 valence electrons. The van der Waals surface area contributed by atoms with Gasteiger partial charge < -0.3 is 10.1 Å². The Morgan fingerprint density at radius 1 is 1.53 bits per heavy atom. The van der Waals surface area contributed by atoms with Crippen molar-refractivity contribution in [3.05, 3.63) is 34.1 Å². The Labute approximate surface area is 96.9 Å². The summed E-state index contributed by atoms with van der Waals surface area (Å²) in [6, 6.07) is 5.22. The fourth-order valence-corrected chi connectivity index (χ4v) is 1.93. The Morgan fingerprint density at radius 2 is 2.40 bits per heavy atom. The van der Waals surface area contributed by atoms with E-state index in [1.165, 1.54) is 0 Å². The van der Waals surface area contributed by atoms with Crippen molar-refractivity contribution >= 4 is 15.9 Å². The van der Waals surface area contributed by atoms with Crippen molar-refractivity contribution in [3.8, 4) is 0 Å². The van der Waals surface area contributed by atoms with E-state index >= 15 is 0 Å². The van der Waals surface area contributed by atoms with E-state index < -0.39 is 0 Å². The predicted octanol–water partition coefficient (Wildman–Crippen LogP) is 2.12. The molecule has 0 saturated carbocycles. The molecule has 2 nitrogen and oxygen atoms in total. The normalized spacial score (nSPS) is 21.6. The lowest BCUT2D eigenvalue weighted by atomic mass is 10.1. The van der Waals surface area contributed by atoms with Gasteiger partial charge in [0.15, 0.2) is 0 Å². The molecule has 1 unspecified atom stereocenters. The number of ether oxygens (including phenoxy) is 1. The van der Waals surface area contributed by atoms with Gasteiger partial charge in [0.05, 0.1) is 17.2 Å². The molecule has 1 aromatic carbocycles. The van der Waals surface area contributed by atoms with Crippen molar-refractivity contribution in [1.82, 2.24) is 5.32 Å². The molecule has 0 aliphatic carbocycles. The first-order chi connectivity index (χ1) is 7.25. The smallest absolute Gasteiger partial charge is 0.137 e. The number of morpholine rings is 1. The average molecular weight is 274 g/mol. The molecule has 0 bridgehead atoms. The molecule has 1 heterocycles. The molecule has 1 fully saturated rings. The van der Waals surface area contributed by atoms with Gasteiger partial charge in [-0.2, -0.15) is 0 Å². The SMILES string of the molecule is Fc1cc(CC2CNCCO2)ccc1Br. The summed E-state index contributed by atoms with van der Waals surface area (Å²) in [7, 11) is 0. The number of benzene rings is 1. The lowest BCUT2D eigenvalue weighted by molar-refractivity contribution is 0.0292. The second kappa shape index (κ2) is 5.05. The van der Waals surface area contributed by atoms with Gasteiger partial charge in [-0.15, -0.1) is 0 Å². The van der Waals surface area contributed by atoms with Gasteiger partial charge in [0, 0.05) is 13.1 Å². The molecule has 1 aromatic rings. The molecular formula is C11H13BrFNO. The van der Waals surface area contributed by atoms with Crippen LogP contribution in [0, 0.1) is 5.82 Å². The summed E-state index contributed by atoms with van der Waals surface area (Å²) in [6.07, 6.45) is 0.927. The highest BCUT2D eigenvalue weighted by atomic mass is 79.9. The lowest BCUT2D eigenvalue weighted by Crippen LogP contribution is -2.39. The maximum atomic E-state index is 13.2. The van der Waals surface area contributed by atoms with Crippen molar-refractivity contribution in [1.29, 1.82) is 0 Å². The minimum absolute atomic E-state index is 0.166. The fourth-order valence-electron chi connectivity index (χ4n) is 1.68. The van der Waals surface area contributed by atoms with Crippen LogP contribution in [0.25, 0.3) is 0 Å². The van der Waals surface area contributed by atoms with E-state index in [0.717, 1.165) is 31.7 Å². The summed E-state index contributed by atoms with van der Waals surface area (Å²) in [5, 5.41) is 3.25. The van der Waals surface area contributed by atoms with Crippen molar-refractivity contribution in [3.63, 3.8) is 0 Å². The van der Waals surface area contributed by atoms with Gasteiger partial charge in [0.2, 0.25) is 0 Å². The summed E-state index contributed by atoms with van der Waals surface area (Å²) < 4.78 is 19.3. The Balaban J connectivity index is 2.00. The van der Waals surface area contributed by atoms with Gasteiger partial charge in [-0.25, -0.2) is 4.39 Å². The summed E-state index contributed by atoms with van der Waals surface area (Å²) in [5.74, 6) is -0.212. The molecule has 4 heteroatoms. The van der Waals surface area contributed by atoms with Crippen LogP contribution >= 0.6 is 15.9 Å². The van der Waals surface area contributed by atoms with E-state index in [2.05, 4.69) is 21.2 Å². The maximum Gasteiger partial charge on any atom is 0.137 e. The fraction of sp³-hybridized carbons (Fsp3) is 0.455. The maximum absolute atomic E-state index is 13.2. The molecule has 1 aliphatic rings. The van der Waals surface area contributed by atoms with Crippen LogP contribution in [0.4, 0.5) is 4.39 Å². The van der Waals surface area contributed by atoms with E-state index in [4.69, 9.17) is 4.74 Å². The number of hydrogen-bond donors (Lipinski definition) is 1. The average Bonchev–Trinajstić information content (AvgIpc) is 2.25. The highest BCUT2D eigenvalue weighted by Gasteiger charge is 2.14. The summed E-state index contributed by atoms with van der Waals surface area (Å²) in [4.78, 5) is 0. The van der Waals surface area contributed by atoms with Gasteiger partial charge in [0.25, 0.3) is 0 Å². The molecule has 0 spiro atoms. The molecule has 1 atom stereocenters. The van der Waals surface area contributed by atoms with Crippen molar-refractivity contribution in [2.75, 3.05) is 19.7 Å². The zero-order valence-corrected chi connectivity index (χ0v) is 9.89. The largest absolute Gasteiger partial charge is 0.375 e. The first kappa shape index (κ1) is 11.0. The van der Waals surface area contributed by atoms with Gasteiger partial charge in [-0.3, -0.25) is 0 Å². The standard InChI is InChI=1S/C11H13BrFNO/c12-10-2-1-8(6-11(10)13)5-9-7-14-3-4-15-9/h1-2,6,9,14H,3-5,7H2. The van der Waals surface area contributed by atoms with Crippen LogP contribution in [0.5, 0.6) is 0 Å². The van der Waals surface area contributed by atoms with Crippen LogP contribution < -0.4 is 5.32 Å². The molecule has 0 radical (unpaired) electrons. The van der Waals surface area contributed by atoms with Crippen molar-refractivity contribution in [2.24, 2.45) is 0 Å². The molecule has 0 aromatic heterocycles. The van der Waals surface area contributed by atoms with Gasteiger partial charge in [0.1, 0.15) is 5.82 Å². The minimum Gasteiger partial charge on any atom is -0.375 e. The van der Waals surface area contributed by atoms with Crippen molar-refractivity contribution in [2.45, 2.75) is 12.5 Å². The third kappa shape index (κ3) is 3.00. The molecule has 0 amide bonds. The third-order valence-electron chi connectivity index (χ3n) is 2.45. The summed E-state index contributed by atoms with van der Waals surface area (Å²) >= 11 is 3.14. The summed E-state index contributed by atoms with van der Waals surface area (Å²) in [5.41, 5.74) is 0.976. The molecule has 1 aliphatic heterocycles. The van der Waals surface area contributed by atoms with E-state index in [9.17, 15) is 4.39 Å². The summed E-state index contributed by atoms with van der Waals surface area (Å²) in [6.45, 7) is 2.49. The quantitative estimate of drug-likeness (QED) is 0.892. The molecule has 2 rings (SSSR count). The lowest BCUT2D eigenvalue weighted by Gasteiger charge is -2.23. The molecule has 1 saturated heterocycles. The Hall–Kier alpha value is -0.450. The number of halogens is 2. The Morgan fingerprint density at radius 3 is 3.07 bits per heavy atom. The number of nitrogens with one attached hydrogen (secondary N) is 1. The molecule has 1 N–H and O–H groups in total. The van der Waals surface area contributed by atoms with Gasteiger partial charge in [-0.05, 0) is 40.0 Å². The third-order valence-corrected chi connectivity index (χ3v) is 3.09. The van der Waals surface area contributed by atoms with E-state index in [-0.39, 0.29) is 11.9 Å². The minimum atomic E-state index is -0.212. The van der Waals surface area contributed by atoms with Crippen LogP contribution in [0.2, 0.25) is 0 Å². The highest BCUT2D eigenvalue weighted by molar-refractivity contribution is 9.10. The second-order valence-corrected chi connectivity index (χ2v) is 4.50. The van der Waals surface area contributed by atoms with E-state index in [0.29, 0.717) is 4.47 Å². The van der Waals surface area contributed by atoms with Crippen LogP contribution in [-0.2, 0) is 11.2 Å². The first-order valence-corrected chi connectivity index (χ1v) is 5.81. The monoisotopic (exact) mass is 273 g/mol. The highest BCUT2D eigenvalue weighted by Crippen LogP contribution is 2.18. The van der Waals surface area contributed by atoms with Crippen LogP contribution in [0.15, 0.2) is 22.7 Å². The number of hydrogen-bond acceptors (Lipinski definition) is 2. The van der Waals surface area contributed by atoms with Crippen molar-refractivity contribution < 1.29 is 9.13 Å². The molecular weight excluding hydrogens is 261 g/mol. The zero-order valence-electron chi connectivity index (χ0n) is 8.30. The van der Waals surface area contributed by atoms with Gasteiger partial charge >= 0.3 is 0 Å². The zero-order chi connectivity index (χ0) is 10.7. The topological polar surface area (TPSA) is 21.3 Å². The first-order valence-electron chi connectivity index (χ1n) is 5.02. The van der Waals surface area contributed by atoms with Crippen LogP contribution in [-0.4, -0.2) is 25.8 Å². The van der Waals surface area contributed by atoms with E-state index in [1.54, 1.807) is 12.1 Å². The Bertz CT molecular complexity index is 339. The van der Waals surface area contributed by atoms with Crippen LogP contribution in [0.1, 0.15) is 5.56 Å². The number of rotatable bonds is 2. The Kier molecular flexibility index (Phi) is 3.72. The van der Waals surface area contributed by atoms with Gasteiger partial charge in [-0.1, -0.05) is 6.07 Å². The second-order valence-electron chi connectivity index (χ2n) is 3.65. The molecule has 15 heavy (non-hydrogen) atoms. The van der Waals surface area contributed by atoms with E-state index in [1.807, 2.05) is 6.07 Å². The van der Waals surface area contributed by atoms with Crippen LogP contribution in [0.3, 0.4) is 0 Å².